The third kappa shape index (κ3) is 15.7. The molecular formula is C22H26O3. The van der Waals surface area contributed by atoms with E-state index in [1.807, 2.05) is 72.9 Å². The predicted molar refractivity (Wildman–Crippen MR) is 105 cm³/mol. The molecule has 132 valence electrons. The maximum Gasteiger partial charge on any atom is 0.330 e. The molecule has 0 aliphatic heterocycles. The largest absolute Gasteiger partial charge is 0.466 e. The van der Waals surface area contributed by atoms with Crippen LogP contribution in [0.15, 0.2) is 96.7 Å². The summed E-state index contributed by atoms with van der Waals surface area (Å²) >= 11 is 0. The van der Waals surface area contributed by atoms with Gasteiger partial charge in [0, 0.05) is 6.08 Å². The van der Waals surface area contributed by atoms with Crippen molar-refractivity contribution in [2.45, 2.75) is 20.3 Å². The van der Waals surface area contributed by atoms with Crippen LogP contribution in [0.25, 0.3) is 0 Å². The quantitative estimate of drug-likeness (QED) is 0.320. The molecule has 0 bridgehead atoms. The topological polar surface area (TPSA) is 43.4 Å². The first-order valence-corrected chi connectivity index (χ1v) is 8.00. The number of Topliss-reactive ketones (excluding diaryl/α,β-unsaturated/α-hetero) is 1. The summed E-state index contributed by atoms with van der Waals surface area (Å²) in [4.78, 5) is 21.8. The monoisotopic (exact) mass is 338 g/mol. The predicted octanol–water partition coefficient (Wildman–Crippen LogP) is 4.98. The van der Waals surface area contributed by atoms with Gasteiger partial charge in [-0.3, -0.25) is 4.79 Å². The Morgan fingerprint density at radius 1 is 0.720 bits per heavy atom. The maximum atomic E-state index is 11.0. The molecule has 0 saturated heterocycles. The zero-order valence-corrected chi connectivity index (χ0v) is 15.1. The summed E-state index contributed by atoms with van der Waals surface area (Å²) in [5, 5.41) is 0. The Labute approximate surface area is 150 Å². The van der Waals surface area contributed by atoms with E-state index < -0.39 is 0 Å². The lowest BCUT2D eigenvalue weighted by Crippen LogP contribution is -1.92. The van der Waals surface area contributed by atoms with E-state index in [9.17, 15) is 9.59 Å². The minimum absolute atomic E-state index is 0.0826. The summed E-state index contributed by atoms with van der Waals surface area (Å²) in [7, 11) is 1.35. The van der Waals surface area contributed by atoms with Crippen LogP contribution >= 0.6 is 0 Å². The van der Waals surface area contributed by atoms with E-state index >= 15 is 0 Å². The zero-order valence-electron chi connectivity index (χ0n) is 15.1. The van der Waals surface area contributed by atoms with Crippen molar-refractivity contribution in [1.29, 1.82) is 0 Å². The fourth-order valence-corrected chi connectivity index (χ4v) is 1.36. The molecule has 0 aromatic heterocycles. The van der Waals surface area contributed by atoms with Crippen LogP contribution in [0.4, 0.5) is 0 Å². The number of ketones is 1. The van der Waals surface area contributed by atoms with Gasteiger partial charge in [0.05, 0.1) is 7.11 Å². The molecule has 0 radical (unpaired) electrons. The van der Waals surface area contributed by atoms with Gasteiger partial charge in [0.25, 0.3) is 0 Å². The fraction of sp³-hybridized carbons (Fsp3) is 0.182. The molecule has 0 N–H and O–H groups in total. The van der Waals surface area contributed by atoms with Crippen molar-refractivity contribution in [1.82, 2.24) is 0 Å². The lowest BCUT2D eigenvalue weighted by atomic mass is 10.2. The summed E-state index contributed by atoms with van der Waals surface area (Å²) < 4.78 is 4.48. The number of carbonyl (C=O) groups excluding carboxylic acids is 2. The highest BCUT2D eigenvalue weighted by Crippen LogP contribution is 1.94. The van der Waals surface area contributed by atoms with Gasteiger partial charge in [-0.2, -0.15) is 0 Å². The molecule has 25 heavy (non-hydrogen) atoms. The molecule has 0 heterocycles. The molecule has 0 aromatic rings. The fourth-order valence-electron chi connectivity index (χ4n) is 1.36. The Morgan fingerprint density at radius 3 is 1.68 bits per heavy atom. The van der Waals surface area contributed by atoms with E-state index in [0.717, 1.165) is 5.57 Å². The Hall–Kier alpha value is -2.94. The van der Waals surface area contributed by atoms with Crippen LogP contribution in [-0.2, 0) is 14.3 Å². The van der Waals surface area contributed by atoms with Gasteiger partial charge in [-0.05, 0) is 25.8 Å². The smallest absolute Gasteiger partial charge is 0.330 e. The third-order valence-corrected chi connectivity index (χ3v) is 2.88. The standard InChI is InChI=1S/C22H26O3/c1-20(21(2)23)18-16-14-12-10-8-6-4-5-7-9-11-13-15-17-19-22(24)25-3/h4-14,16-19H,15H2,1-3H3. The van der Waals surface area contributed by atoms with Crippen molar-refractivity contribution in [3.05, 3.63) is 96.7 Å². The van der Waals surface area contributed by atoms with E-state index in [2.05, 4.69) is 4.74 Å². The van der Waals surface area contributed by atoms with Gasteiger partial charge in [-0.1, -0.05) is 85.1 Å². The number of allylic oxidation sites excluding steroid dienone is 15. The molecule has 0 unspecified atom stereocenters. The highest BCUT2D eigenvalue weighted by atomic mass is 16.5. The lowest BCUT2D eigenvalue weighted by molar-refractivity contribution is -0.134. The van der Waals surface area contributed by atoms with Crippen LogP contribution in [-0.4, -0.2) is 18.9 Å². The molecule has 0 fully saturated rings. The highest BCUT2D eigenvalue weighted by molar-refractivity contribution is 5.92. The first-order valence-electron chi connectivity index (χ1n) is 8.00. The first kappa shape index (κ1) is 22.1. The Bertz CT molecular complexity index is 636. The van der Waals surface area contributed by atoms with Crippen LogP contribution in [0.5, 0.6) is 0 Å². The Kier molecular flexibility index (Phi) is 14.1. The molecule has 0 aliphatic carbocycles. The number of ether oxygens (including phenoxy) is 1. The van der Waals surface area contributed by atoms with Crippen LogP contribution in [0.3, 0.4) is 0 Å². The average molecular weight is 338 g/mol. The van der Waals surface area contributed by atoms with Crippen LogP contribution < -0.4 is 0 Å². The molecule has 3 heteroatoms. The number of methoxy groups -OCH3 is 1. The number of rotatable bonds is 10. The summed E-state index contributed by atoms with van der Waals surface area (Å²) in [5.41, 5.74) is 0.739. The molecule has 0 amide bonds. The molecule has 0 aliphatic rings. The van der Waals surface area contributed by atoms with E-state index in [4.69, 9.17) is 0 Å². The molecule has 0 saturated carbocycles. The molecule has 0 spiro atoms. The second kappa shape index (κ2) is 15.9. The SMILES string of the molecule is COC(=O)C=CCC=CC=CC=CC=CC=CC=CC=C(C)C(C)=O. The van der Waals surface area contributed by atoms with E-state index in [1.54, 1.807) is 26.0 Å². The van der Waals surface area contributed by atoms with Gasteiger partial charge in [0.2, 0.25) is 0 Å². The third-order valence-electron chi connectivity index (χ3n) is 2.88. The number of carbonyl (C=O) groups is 2. The van der Waals surface area contributed by atoms with Gasteiger partial charge in [0.1, 0.15) is 0 Å². The van der Waals surface area contributed by atoms with Crippen LogP contribution in [0.1, 0.15) is 20.3 Å². The normalized spacial score (nSPS) is 13.8. The van der Waals surface area contributed by atoms with Crippen molar-refractivity contribution in [3.63, 3.8) is 0 Å². The summed E-state index contributed by atoms with van der Waals surface area (Å²) in [5.74, 6) is -0.259. The molecule has 0 rings (SSSR count). The van der Waals surface area contributed by atoms with Gasteiger partial charge in [-0.25, -0.2) is 4.79 Å². The molecule has 0 aromatic carbocycles. The van der Waals surface area contributed by atoms with Crippen LogP contribution in [0, 0.1) is 0 Å². The van der Waals surface area contributed by atoms with Crippen molar-refractivity contribution >= 4 is 11.8 Å². The molecule has 3 nitrogen and oxygen atoms in total. The van der Waals surface area contributed by atoms with E-state index in [1.165, 1.54) is 13.2 Å². The second-order valence-electron chi connectivity index (χ2n) is 4.92. The minimum Gasteiger partial charge on any atom is -0.466 e. The van der Waals surface area contributed by atoms with Crippen molar-refractivity contribution < 1.29 is 14.3 Å². The zero-order chi connectivity index (χ0) is 18.8. The van der Waals surface area contributed by atoms with Crippen molar-refractivity contribution in [2.75, 3.05) is 7.11 Å². The van der Waals surface area contributed by atoms with Gasteiger partial charge < -0.3 is 4.74 Å². The number of hydrogen-bond acceptors (Lipinski definition) is 3. The van der Waals surface area contributed by atoms with Gasteiger partial charge >= 0.3 is 5.97 Å². The highest BCUT2D eigenvalue weighted by Gasteiger charge is 1.90. The Balaban J connectivity index is 3.98. The summed E-state index contributed by atoms with van der Waals surface area (Å²) in [6.07, 6.45) is 28.5. The first-order chi connectivity index (χ1) is 12.1. The maximum absolute atomic E-state index is 11.0. The van der Waals surface area contributed by atoms with Gasteiger partial charge in [-0.15, -0.1) is 0 Å². The number of esters is 1. The summed E-state index contributed by atoms with van der Waals surface area (Å²) in [6, 6.07) is 0. The second-order valence-corrected chi connectivity index (χ2v) is 4.92. The minimum atomic E-state index is -0.342. The van der Waals surface area contributed by atoms with Gasteiger partial charge in [0.15, 0.2) is 5.78 Å². The van der Waals surface area contributed by atoms with Crippen LogP contribution in [0.2, 0.25) is 0 Å². The Morgan fingerprint density at radius 2 is 1.20 bits per heavy atom. The van der Waals surface area contributed by atoms with E-state index in [-0.39, 0.29) is 11.8 Å². The van der Waals surface area contributed by atoms with Crippen molar-refractivity contribution in [2.24, 2.45) is 0 Å². The summed E-state index contributed by atoms with van der Waals surface area (Å²) in [6.45, 7) is 3.35. The molecule has 0 atom stereocenters. The molecular weight excluding hydrogens is 312 g/mol. The lowest BCUT2D eigenvalue weighted by Gasteiger charge is -1.87. The van der Waals surface area contributed by atoms with Crippen molar-refractivity contribution in [3.8, 4) is 0 Å². The number of hydrogen-bond donors (Lipinski definition) is 0. The average Bonchev–Trinajstić information content (AvgIpc) is 2.60. The van der Waals surface area contributed by atoms with E-state index in [0.29, 0.717) is 6.42 Å².